The number of hydrogen-bond acceptors (Lipinski definition) is 3. The van der Waals surface area contributed by atoms with Gasteiger partial charge in [-0.25, -0.2) is 0 Å². The van der Waals surface area contributed by atoms with E-state index in [0.717, 1.165) is 10.2 Å². The number of hydrogen-bond donors (Lipinski definition) is 1. The van der Waals surface area contributed by atoms with Crippen LogP contribution < -0.4 is 0 Å². The van der Waals surface area contributed by atoms with E-state index in [0.29, 0.717) is 6.61 Å². The molecule has 98 valence electrons. The zero-order valence-electron chi connectivity index (χ0n) is 11.1. The lowest BCUT2D eigenvalue weighted by atomic mass is 9.98. The van der Waals surface area contributed by atoms with E-state index in [1.54, 1.807) is 6.20 Å². The summed E-state index contributed by atoms with van der Waals surface area (Å²) in [6, 6.07) is 0.198. The van der Waals surface area contributed by atoms with Crippen molar-refractivity contribution in [3.63, 3.8) is 0 Å². The fourth-order valence-corrected chi connectivity index (χ4v) is 2.29. The molecule has 0 saturated heterocycles. The molecule has 1 aromatic rings. The first-order chi connectivity index (χ1) is 7.81. The van der Waals surface area contributed by atoms with Crippen molar-refractivity contribution >= 4 is 15.9 Å². The van der Waals surface area contributed by atoms with Crippen LogP contribution >= 0.6 is 15.9 Å². The Bertz CT molecular complexity index is 375. The second-order valence-corrected chi connectivity index (χ2v) is 5.71. The second-order valence-electron chi connectivity index (χ2n) is 4.86. The molecule has 0 bridgehead atoms. The summed E-state index contributed by atoms with van der Waals surface area (Å²) in [5.41, 5.74) is 0.127. The Hall–Kier alpha value is -0.390. The summed E-state index contributed by atoms with van der Waals surface area (Å²) in [5, 5.41) is 14.7. The van der Waals surface area contributed by atoms with Crippen LogP contribution in [0.3, 0.4) is 0 Å². The molecule has 0 saturated carbocycles. The molecule has 1 unspecified atom stereocenters. The lowest BCUT2D eigenvalue weighted by Crippen LogP contribution is -2.34. The lowest BCUT2D eigenvalue weighted by Gasteiger charge is -2.31. The summed E-state index contributed by atoms with van der Waals surface area (Å²) >= 11 is 3.43. The molecular weight excluding hydrogens is 284 g/mol. The summed E-state index contributed by atoms with van der Waals surface area (Å²) in [5.74, 6) is 0. The van der Waals surface area contributed by atoms with Crippen LogP contribution in [0.5, 0.6) is 0 Å². The molecule has 5 heteroatoms. The Morgan fingerprint density at radius 1 is 1.53 bits per heavy atom. The molecule has 0 fully saturated rings. The molecule has 4 nitrogen and oxygen atoms in total. The SMILES string of the molecule is CCOC(C)(C)C(O)c1c(Br)cnn1C(C)C. The summed E-state index contributed by atoms with van der Waals surface area (Å²) in [4.78, 5) is 0. The largest absolute Gasteiger partial charge is 0.384 e. The zero-order valence-corrected chi connectivity index (χ0v) is 12.7. The van der Waals surface area contributed by atoms with E-state index in [-0.39, 0.29) is 6.04 Å². The minimum atomic E-state index is -0.721. The third-order valence-corrected chi connectivity index (χ3v) is 3.32. The average molecular weight is 305 g/mol. The van der Waals surface area contributed by atoms with Crippen molar-refractivity contribution in [1.82, 2.24) is 9.78 Å². The second kappa shape index (κ2) is 5.50. The van der Waals surface area contributed by atoms with E-state index < -0.39 is 11.7 Å². The molecule has 0 aromatic carbocycles. The highest BCUT2D eigenvalue weighted by atomic mass is 79.9. The van der Waals surface area contributed by atoms with Gasteiger partial charge in [-0.3, -0.25) is 4.68 Å². The maximum absolute atomic E-state index is 10.5. The molecule has 1 rings (SSSR count). The molecule has 0 aliphatic carbocycles. The van der Waals surface area contributed by atoms with Crippen LogP contribution in [0.25, 0.3) is 0 Å². The van der Waals surface area contributed by atoms with Crippen molar-refractivity contribution in [3.05, 3.63) is 16.4 Å². The van der Waals surface area contributed by atoms with Gasteiger partial charge in [0.15, 0.2) is 0 Å². The van der Waals surface area contributed by atoms with Crippen molar-refractivity contribution in [2.75, 3.05) is 6.61 Å². The number of rotatable bonds is 5. The first kappa shape index (κ1) is 14.7. The van der Waals surface area contributed by atoms with E-state index in [2.05, 4.69) is 21.0 Å². The molecular formula is C12H21BrN2O2. The summed E-state index contributed by atoms with van der Waals surface area (Å²) in [6.07, 6.45) is 0.988. The molecule has 1 aromatic heterocycles. The van der Waals surface area contributed by atoms with Crippen LogP contribution in [0.4, 0.5) is 0 Å². The zero-order chi connectivity index (χ0) is 13.2. The average Bonchev–Trinajstić information content (AvgIpc) is 2.58. The van der Waals surface area contributed by atoms with Gasteiger partial charge in [0.1, 0.15) is 6.10 Å². The number of aliphatic hydroxyl groups is 1. The summed E-state index contributed by atoms with van der Waals surface area (Å²) in [7, 11) is 0. The molecule has 0 aliphatic rings. The Labute approximate surface area is 111 Å². The van der Waals surface area contributed by atoms with Gasteiger partial charge < -0.3 is 9.84 Å². The quantitative estimate of drug-likeness (QED) is 0.909. The van der Waals surface area contributed by atoms with E-state index >= 15 is 0 Å². The molecule has 17 heavy (non-hydrogen) atoms. The minimum Gasteiger partial charge on any atom is -0.384 e. The van der Waals surface area contributed by atoms with Crippen LogP contribution in [0.1, 0.15) is 52.5 Å². The minimum absolute atomic E-state index is 0.198. The third-order valence-electron chi connectivity index (χ3n) is 2.71. The van der Waals surface area contributed by atoms with Crippen LogP contribution in [-0.4, -0.2) is 27.1 Å². The van der Waals surface area contributed by atoms with Crippen molar-refractivity contribution < 1.29 is 9.84 Å². The van der Waals surface area contributed by atoms with Crippen molar-refractivity contribution in [3.8, 4) is 0 Å². The Morgan fingerprint density at radius 2 is 2.12 bits per heavy atom. The van der Waals surface area contributed by atoms with E-state index in [9.17, 15) is 5.11 Å². The predicted octanol–water partition coefficient (Wildman–Crippen LogP) is 3.08. The van der Waals surface area contributed by atoms with Crippen molar-refractivity contribution in [2.45, 2.75) is 52.4 Å². The maximum Gasteiger partial charge on any atom is 0.125 e. The van der Waals surface area contributed by atoms with Crippen LogP contribution in [-0.2, 0) is 4.74 Å². The van der Waals surface area contributed by atoms with Crippen LogP contribution in [0, 0.1) is 0 Å². The topological polar surface area (TPSA) is 47.3 Å². The smallest absolute Gasteiger partial charge is 0.125 e. The van der Waals surface area contributed by atoms with Gasteiger partial charge in [0.05, 0.1) is 22.0 Å². The van der Waals surface area contributed by atoms with Gasteiger partial charge in [0.2, 0.25) is 0 Å². The monoisotopic (exact) mass is 304 g/mol. The molecule has 0 spiro atoms. The Kier molecular flexibility index (Phi) is 4.75. The predicted molar refractivity (Wildman–Crippen MR) is 71.0 cm³/mol. The third kappa shape index (κ3) is 3.09. The van der Waals surface area contributed by atoms with Gasteiger partial charge in [-0.05, 0) is 50.5 Å². The van der Waals surface area contributed by atoms with Gasteiger partial charge in [-0.2, -0.15) is 5.10 Å². The normalized spacial score (nSPS) is 14.4. The number of aliphatic hydroxyl groups excluding tert-OH is 1. The van der Waals surface area contributed by atoms with Crippen molar-refractivity contribution in [2.24, 2.45) is 0 Å². The summed E-state index contributed by atoms with van der Waals surface area (Å²) < 4.78 is 8.22. The first-order valence-electron chi connectivity index (χ1n) is 5.86. The van der Waals surface area contributed by atoms with Gasteiger partial charge >= 0.3 is 0 Å². The highest BCUT2D eigenvalue weighted by Gasteiger charge is 2.34. The standard InChI is InChI=1S/C12H21BrN2O2/c1-6-17-12(4,5)11(16)10-9(13)7-14-15(10)8(2)3/h7-8,11,16H,6H2,1-5H3. The molecule has 1 N–H and O–H groups in total. The first-order valence-corrected chi connectivity index (χ1v) is 6.65. The van der Waals surface area contributed by atoms with Crippen molar-refractivity contribution in [1.29, 1.82) is 0 Å². The fraction of sp³-hybridized carbons (Fsp3) is 0.750. The fourth-order valence-electron chi connectivity index (χ4n) is 1.80. The molecule has 0 radical (unpaired) electrons. The van der Waals surface area contributed by atoms with Gasteiger partial charge in [0, 0.05) is 12.6 Å². The summed E-state index contributed by atoms with van der Waals surface area (Å²) in [6.45, 7) is 10.3. The number of ether oxygens (including phenoxy) is 1. The van der Waals surface area contributed by atoms with E-state index in [1.165, 1.54) is 0 Å². The van der Waals surface area contributed by atoms with Crippen LogP contribution in [0.15, 0.2) is 10.7 Å². The highest BCUT2D eigenvalue weighted by Crippen LogP contribution is 2.34. The number of aromatic nitrogens is 2. The van der Waals surface area contributed by atoms with Gasteiger partial charge in [-0.1, -0.05) is 0 Å². The van der Waals surface area contributed by atoms with Gasteiger partial charge in [-0.15, -0.1) is 0 Å². The van der Waals surface area contributed by atoms with E-state index in [1.807, 2.05) is 39.3 Å². The number of halogens is 1. The molecule has 0 aliphatic heterocycles. The maximum atomic E-state index is 10.5. The molecule has 1 atom stereocenters. The molecule has 1 heterocycles. The Balaban J connectivity index is 3.11. The van der Waals surface area contributed by atoms with E-state index in [4.69, 9.17) is 4.74 Å². The highest BCUT2D eigenvalue weighted by molar-refractivity contribution is 9.10. The van der Waals surface area contributed by atoms with Gasteiger partial charge in [0.25, 0.3) is 0 Å². The lowest BCUT2D eigenvalue weighted by molar-refractivity contribution is -0.102. The molecule has 0 amide bonds. The number of nitrogens with zero attached hydrogens (tertiary/aromatic N) is 2. The Morgan fingerprint density at radius 3 is 2.59 bits per heavy atom. The van der Waals surface area contributed by atoms with Crippen LogP contribution in [0.2, 0.25) is 0 Å².